The third kappa shape index (κ3) is 6.14. The molecule has 0 aliphatic carbocycles. The number of nitrogens with one attached hydrogen (secondary N) is 1. The van der Waals surface area contributed by atoms with Gasteiger partial charge in [0, 0.05) is 24.9 Å². The molecule has 0 fully saturated rings. The van der Waals surface area contributed by atoms with E-state index >= 15 is 0 Å². The molecule has 25 heavy (non-hydrogen) atoms. The van der Waals surface area contributed by atoms with Gasteiger partial charge in [-0.15, -0.1) is 0 Å². The molecule has 1 amide bonds. The maximum absolute atomic E-state index is 12.8. The molecule has 2 rings (SSSR count). The number of carbonyl (C=O) groups excluding carboxylic acids is 2. The second-order valence-electron chi connectivity index (χ2n) is 6.43. The molecular weight excluding hydrogens is 317 g/mol. The maximum Gasteiger partial charge on any atom is 0.220 e. The Morgan fingerprint density at radius 1 is 0.960 bits per heavy atom. The summed E-state index contributed by atoms with van der Waals surface area (Å²) in [5, 5.41) is 2.83. The number of ketones is 1. The number of halogens is 1. The van der Waals surface area contributed by atoms with Crippen molar-refractivity contribution in [1.29, 1.82) is 0 Å². The topological polar surface area (TPSA) is 46.2 Å². The summed E-state index contributed by atoms with van der Waals surface area (Å²) in [6.07, 6.45) is 1.03. The van der Waals surface area contributed by atoms with Gasteiger partial charge in [0.05, 0.1) is 0 Å². The van der Waals surface area contributed by atoms with Crippen LogP contribution in [0.25, 0.3) is 0 Å². The zero-order valence-electron chi connectivity index (χ0n) is 14.7. The van der Waals surface area contributed by atoms with Crippen molar-refractivity contribution in [3.05, 3.63) is 71.0 Å². The number of carbonyl (C=O) groups is 2. The molecule has 0 heterocycles. The fraction of sp³-hybridized carbons (Fsp3) is 0.333. The Morgan fingerprint density at radius 3 is 2.20 bits per heavy atom. The molecule has 132 valence electrons. The van der Waals surface area contributed by atoms with Crippen LogP contribution in [0.15, 0.2) is 48.5 Å². The first-order valence-electron chi connectivity index (χ1n) is 8.60. The van der Waals surface area contributed by atoms with E-state index in [-0.39, 0.29) is 30.3 Å². The summed E-state index contributed by atoms with van der Waals surface area (Å²) in [6, 6.07) is 13.8. The molecule has 0 radical (unpaired) electrons. The molecule has 0 saturated carbocycles. The summed E-state index contributed by atoms with van der Waals surface area (Å²) >= 11 is 0. The van der Waals surface area contributed by atoms with Crippen LogP contribution in [0.2, 0.25) is 0 Å². The second kappa shape index (κ2) is 9.11. The molecule has 0 spiro atoms. The zero-order chi connectivity index (χ0) is 18.2. The van der Waals surface area contributed by atoms with E-state index < -0.39 is 0 Å². The number of hydrogen-bond acceptors (Lipinski definition) is 2. The van der Waals surface area contributed by atoms with E-state index in [1.54, 1.807) is 0 Å². The molecule has 0 bridgehead atoms. The van der Waals surface area contributed by atoms with Crippen molar-refractivity contribution in [2.75, 3.05) is 6.54 Å². The quantitative estimate of drug-likeness (QED) is 0.729. The van der Waals surface area contributed by atoms with Crippen LogP contribution >= 0.6 is 0 Å². The van der Waals surface area contributed by atoms with Crippen LogP contribution < -0.4 is 5.32 Å². The van der Waals surface area contributed by atoms with Crippen LogP contribution in [-0.2, 0) is 11.2 Å². The molecule has 4 heteroatoms. The van der Waals surface area contributed by atoms with Crippen molar-refractivity contribution in [1.82, 2.24) is 5.32 Å². The summed E-state index contributed by atoms with van der Waals surface area (Å²) in [6.45, 7) is 4.86. The first-order valence-corrected chi connectivity index (χ1v) is 8.60. The fourth-order valence-electron chi connectivity index (χ4n) is 2.51. The van der Waals surface area contributed by atoms with Gasteiger partial charge in [0.2, 0.25) is 5.91 Å². The van der Waals surface area contributed by atoms with Gasteiger partial charge in [-0.2, -0.15) is 0 Å². The van der Waals surface area contributed by atoms with Gasteiger partial charge in [0.1, 0.15) is 5.82 Å². The van der Waals surface area contributed by atoms with Crippen LogP contribution in [0, 0.1) is 5.82 Å². The molecule has 0 saturated heterocycles. The molecule has 2 aromatic carbocycles. The lowest BCUT2D eigenvalue weighted by atomic mass is 10.0. The van der Waals surface area contributed by atoms with E-state index in [1.807, 2.05) is 0 Å². The van der Waals surface area contributed by atoms with Gasteiger partial charge in [-0.05, 0) is 47.7 Å². The van der Waals surface area contributed by atoms with Gasteiger partial charge in [-0.3, -0.25) is 9.59 Å². The van der Waals surface area contributed by atoms with Gasteiger partial charge in [-0.25, -0.2) is 4.39 Å². The molecule has 1 N–H and O–H groups in total. The van der Waals surface area contributed by atoms with Crippen LogP contribution in [0.3, 0.4) is 0 Å². The van der Waals surface area contributed by atoms with E-state index in [4.69, 9.17) is 0 Å². The lowest BCUT2D eigenvalue weighted by molar-refractivity contribution is -0.121. The van der Waals surface area contributed by atoms with Crippen molar-refractivity contribution >= 4 is 11.7 Å². The number of rotatable bonds is 8. The second-order valence-corrected chi connectivity index (χ2v) is 6.43. The minimum absolute atomic E-state index is 0.126. The molecule has 0 aliphatic rings. The third-order valence-electron chi connectivity index (χ3n) is 4.13. The average molecular weight is 341 g/mol. The molecular formula is C21H24FNO2. The smallest absolute Gasteiger partial charge is 0.220 e. The number of benzene rings is 2. The Bertz CT molecular complexity index is 706. The summed E-state index contributed by atoms with van der Waals surface area (Å²) in [7, 11) is 0. The Kier molecular flexibility index (Phi) is 6.87. The Balaban J connectivity index is 1.70. The van der Waals surface area contributed by atoms with Crippen molar-refractivity contribution in [3.63, 3.8) is 0 Å². The van der Waals surface area contributed by atoms with E-state index in [2.05, 4.69) is 43.4 Å². The number of Topliss-reactive ketones (excluding diaryl/α,β-unsaturated/α-hetero) is 1. The monoisotopic (exact) mass is 341 g/mol. The van der Waals surface area contributed by atoms with Gasteiger partial charge in [-0.1, -0.05) is 38.1 Å². The first kappa shape index (κ1) is 18.8. The lowest BCUT2D eigenvalue weighted by Crippen LogP contribution is -2.26. The molecule has 3 nitrogen and oxygen atoms in total. The van der Waals surface area contributed by atoms with Crippen molar-refractivity contribution in [3.8, 4) is 0 Å². The van der Waals surface area contributed by atoms with Gasteiger partial charge >= 0.3 is 0 Å². The highest BCUT2D eigenvalue weighted by atomic mass is 19.1. The predicted octanol–water partition coefficient (Wildman–Crippen LogP) is 4.27. The Hall–Kier alpha value is -2.49. The summed E-state index contributed by atoms with van der Waals surface area (Å²) in [5.74, 6) is -0.170. The number of amides is 1. The summed E-state index contributed by atoms with van der Waals surface area (Å²) < 4.78 is 12.8. The highest BCUT2D eigenvalue weighted by molar-refractivity contribution is 5.97. The minimum Gasteiger partial charge on any atom is -0.356 e. The van der Waals surface area contributed by atoms with E-state index in [0.717, 1.165) is 6.42 Å². The minimum atomic E-state index is -0.379. The van der Waals surface area contributed by atoms with Crippen LogP contribution in [-0.4, -0.2) is 18.2 Å². The number of hydrogen-bond donors (Lipinski definition) is 1. The molecule has 0 atom stereocenters. The van der Waals surface area contributed by atoms with Gasteiger partial charge in [0.15, 0.2) is 5.78 Å². The third-order valence-corrected chi connectivity index (χ3v) is 4.13. The Morgan fingerprint density at radius 2 is 1.60 bits per heavy atom. The van der Waals surface area contributed by atoms with Gasteiger partial charge in [0.25, 0.3) is 0 Å². The maximum atomic E-state index is 12.8. The SMILES string of the molecule is CC(C)c1ccc(CCNC(=O)CCC(=O)c2ccc(F)cc2)cc1. The molecule has 0 aliphatic heterocycles. The van der Waals surface area contributed by atoms with E-state index in [1.165, 1.54) is 35.4 Å². The van der Waals surface area contributed by atoms with E-state index in [0.29, 0.717) is 18.0 Å². The van der Waals surface area contributed by atoms with Gasteiger partial charge < -0.3 is 5.32 Å². The molecule has 0 unspecified atom stereocenters. The molecule has 2 aromatic rings. The normalized spacial score (nSPS) is 10.7. The highest BCUT2D eigenvalue weighted by Gasteiger charge is 2.09. The van der Waals surface area contributed by atoms with E-state index in [9.17, 15) is 14.0 Å². The lowest BCUT2D eigenvalue weighted by Gasteiger charge is -2.08. The van der Waals surface area contributed by atoms with Crippen molar-refractivity contribution in [2.24, 2.45) is 0 Å². The van der Waals surface area contributed by atoms with Crippen LogP contribution in [0.4, 0.5) is 4.39 Å². The van der Waals surface area contributed by atoms with Crippen molar-refractivity contribution in [2.45, 2.75) is 39.0 Å². The summed E-state index contributed by atoms with van der Waals surface area (Å²) in [5.41, 5.74) is 2.90. The average Bonchev–Trinajstić information content (AvgIpc) is 2.60. The first-order chi connectivity index (χ1) is 12.0. The fourth-order valence-corrected chi connectivity index (χ4v) is 2.51. The highest BCUT2D eigenvalue weighted by Crippen LogP contribution is 2.14. The molecule has 0 aromatic heterocycles. The predicted molar refractivity (Wildman–Crippen MR) is 97.2 cm³/mol. The van der Waals surface area contributed by atoms with Crippen LogP contribution in [0.1, 0.15) is 54.1 Å². The summed E-state index contributed by atoms with van der Waals surface area (Å²) in [4.78, 5) is 23.8. The Labute approximate surface area is 148 Å². The van der Waals surface area contributed by atoms with Crippen molar-refractivity contribution < 1.29 is 14.0 Å². The standard InChI is InChI=1S/C21H24FNO2/c1-15(2)17-5-3-16(4-6-17)13-14-23-21(25)12-11-20(24)18-7-9-19(22)10-8-18/h3-10,15H,11-14H2,1-2H3,(H,23,25). The zero-order valence-corrected chi connectivity index (χ0v) is 14.7. The largest absolute Gasteiger partial charge is 0.356 e. The van der Waals surface area contributed by atoms with Crippen LogP contribution in [0.5, 0.6) is 0 Å².